The van der Waals surface area contributed by atoms with Crippen molar-refractivity contribution in [2.75, 3.05) is 0 Å². The number of aliphatic carboxylic acids is 1. The lowest BCUT2D eigenvalue weighted by atomic mass is 10.0. The first kappa shape index (κ1) is 19.9. The van der Waals surface area contributed by atoms with Crippen LogP contribution in [0, 0.1) is 11.7 Å². The standard InChI is InChI=1S/C24H20FN5O2/c1-13(24(31)32)14(2)30-12-20(15-6-4-3-5-7-15)19-11-28-22(29-23(19)30)18-10-27-21-17(18)8-16(25)9-26-21/h3-14H,1-2H3,(H,26,27)(H,31,32)/t13-,14-/m1/s1. The summed E-state index contributed by atoms with van der Waals surface area (Å²) in [5, 5.41) is 11.0. The monoisotopic (exact) mass is 429 g/mol. The van der Waals surface area contributed by atoms with Gasteiger partial charge in [0.25, 0.3) is 0 Å². The Bertz CT molecular complexity index is 1460. The Labute approximate surface area is 182 Å². The third-order valence-corrected chi connectivity index (χ3v) is 5.95. The highest BCUT2D eigenvalue weighted by Gasteiger charge is 2.25. The second-order valence-electron chi connectivity index (χ2n) is 7.87. The van der Waals surface area contributed by atoms with Crippen LogP contribution in [0.1, 0.15) is 19.9 Å². The molecule has 4 aromatic heterocycles. The van der Waals surface area contributed by atoms with Crippen LogP contribution in [-0.2, 0) is 4.79 Å². The summed E-state index contributed by atoms with van der Waals surface area (Å²) in [6.45, 7) is 3.54. The Morgan fingerprint density at radius 2 is 1.88 bits per heavy atom. The molecule has 0 unspecified atom stereocenters. The molecule has 0 aliphatic rings. The van der Waals surface area contributed by atoms with Crippen molar-refractivity contribution in [1.29, 1.82) is 0 Å². The molecule has 4 heterocycles. The smallest absolute Gasteiger partial charge is 0.308 e. The van der Waals surface area contributed by atoms with Crippen LogP contribution < -0.4 is 0 Å². The number of carboxylic acids is 1. The molecule has 0 bridgehead atoms. The normalized spacial score (nSPS) is 13.5. The minimum atomic E-state index is -0.881. The first-order valence-electron chi connectivity index (χ1n) is 10.2. The lowest BCUT2D eigenvalue weighted by molar-refractivity contribution is -0.142. The summed E-state index contributed by atoms with van der Waals surface area (Å²) in [7, 11) is 0. The largest absolute Gasteiger partial charge is 0.481 e. The van der Waals surface area contributed by atoms with Crippen molar-refractivity contribution >= 4 is 28.0 Å². The van der Waals surface area contributed by atoms with Crippen molar-refractivity contribution in [2.45, 2.75) is 19.9 Å². The minimum Gasteiger partial charge on any atom is -0.481 e. The fourth-order valence-electron chi connectivity index (χ4n) is 3.93. The van der Waals surface area contributed by atoms with E-state index >= 15 is 0 Å². The number of carbonyl (C=O) groups is 1. The fraction of sp³-hybridized carbons (Fsp3) is 0.167. The zero-order chi connectivity index (χ0) is 22.4. The molecule has 0 saturated carbocycles. The highest BCUT2D eigenvalue weighted by Crippen LogP contribution is 2.35. The molecule has 8 heteroatoms. The van der Waals surface area contributed by atoms with Gasteiger partial charge in [0, 0.05) is 46.5 Å². The maximum absolute atomic E-state index is 13.8. The molecule has 160 valence electrons. The van der Waals surface area contributed by atoms with E-state index in [4.69, 9.17) is 4.98 Å². The van der Waals surface area contributed by atoms with Crippen LogP contribution in [0.3, 0.4) is 0 Å². The van der Waals surface area contributed by atoms with E-state index in [1.165, 1.54) is 6.07 Å². The number of halogens is 1. The minimum absolute atomic E-state index is 0.350. The number of rotatable bonds is 5. The Morgan fingerprint density at radius 3 is 2.62 bits per heavy atom. The van der Waals surface area contributed by atoms with Gasteiger partial charge in [0.1, 0.15) is 17.1 Å². The van der Waals surface area contributed by atoms with Crippen LogP contribution in [0.2, 0.25) is 0 Å². The van der Waals surface area contributed by atoms with Crippen LogP contribution in [-0.4, -0.2) is 35.6 Å². The highest BCUT2D eigenvalue weighted by atomic mass is 19.1. The van der Waals surface area contributed by atoms with Crippen LogP contribution in [0.5, 0.6) is 0 Å². The summed E-state index contributed by atoms with van der Waals surface area (Å²) >= 11 is 0. The summed E-state index contributed by atoms with van der Waals surface area (Å²) in [5.74, 6) is -1.55. The summed E-state index contributed by atoms with van der Waals surface area (Å²) < 4.78 is 15.7. The van der Waals surface area contributed by atoms with Crippen molar-refractivity contribution in [3.05, 3.63) is 67.0 Å². The number of carboxylic acid groups (broad SMARTS) is 1. The molecule has 32 heavy (non-hydrogen) atoms. The molecule has 0 amide bonds. The number of H-pyrrole nitrogens is 1. The molecule has 7 nitrogen and oxygen atoms in total. The number of hydrogen-bond acceptors (Lipinski definition) is 4. The second-order valence-corrected chi connectivity index (χ2v) is 7.87. The molecule has 2 N–H and O–H groups in total. The summed E-state index contributed by atoms with van der Waals surface area (Å²) in [5.41, 5.74) is 3.69. The van der Waals surface area contributed by atoms with Crippen molar-refractivity contribution < 1.29 is 14.3 Å². The van der Waals surface area contributed by atoms with Crippen molar-refractivity contribution in [2.24, 2.45) is 5.92 Å². The van der Waals surface area contributed by atoms with E-state index in [1.807, 2.05) is 48.0 Å². The molecule has 0 aliphatic carbocycles. The third kappa shape index (κ3) is 3.20. The topological polar surface area (TPSA) is 96.7 Å². The van der Waals surface area contributed by atoms with Gasteiger partial charge in [-0.05, 0) is 25.5 Å². The Hall–Kier alpha value is -4.07. The van der Waals surface area contributed by atoms with Crippen LogP contribution in [0.4, 0.5) is 4.39 Å². The maximum Gasteiger partial charge on any atom is 0.308 e. The predicted molar refractivity (Wildman–Crippen MR) is 120 cm³/mol. The number of benzene rings is 1. The Balaban J connectivity index is 1.74. The quantitative estimate of drug-likeness (QED) is 0.407. The molecule has 0 radical (unpaired) electrons. The molecular weight excluding hydrogens is 409 g/mol. The molecule has 5 aromatic rings. The zero-order valence-electron chi connectivity index (χ0n) is 17.5. The number of hydrogen-bond donors (Lipinski definition) is 2. The first-order chi connectivity index (χ1) is 15.4. The molecule has 1 aromatic carbocycles. The number of nitrogens with one attached hydrogen (secondary N) is 1. The SMILES string of the molecule is C[C@H]([C@@H](C)C(=O)O)n1cc(-c2ccccc2)c2cnc(-c3c[nH]c4ncc(F)cc34)nc21. The van der Waals surface area contributed by atoms with E-state index in [0.29, 0.717) is 28.1 Å². The van der Waals surface area contributed by atoms with E-state index in [2.05, 4.69) is 15.0 Å². The van der Waals surface area contributed by atoms with Gasteiger partial charge in [-0.1, -0.05) is 30.3 Å². The first-order valence-corrected chi connectivity index (χ1v) is 10.2. The fourth-order valence-corrected chi connectivity index (χ4v) is 3.93. The zero-order valence-corrected chi connectivity index (χ0v) is 17.5. The third-order valence-electron chi connectivity index (χ3n) is 5.95. The van der Waals surface area contributed by atoms with E-state index in [1.54, 1.807) is 19.3 Å². The van der Waals surface area contributed by atoms with Gasteiger partial charge in [0.15, 0.2) is 5.82 Å². The van der Waals surface area contributed by atoms with E-state index < -0.39 is 17.7 Å². The molecule has 0 fully saturated rings. The van der Waals surface area contributed by atoms with Crippen LogP contribution in [0.25, 0.3) is 44.6 Å². The molecular formula is C24H20FN5O2. The van der Waals surface area contributed by atoms with Crippen LogP contribution >= 0.6 is 0 Å². The molecule has 0 aliphatic heterocycles. The molecule has 0 spiro atoms. The van der Waals surface area contributed by atoms with Crippen molar-refractivity contribution in [3.63, 3.8) is 0 Å². The average molecular weight is 429 g/mol. The molecule has 2 atom stereocenters. The molecule has 0 saturated heterocycles. The van der Waals surface area contributed by atoms with E-state index in [0.717, 1.165) is 22.7 Å². The lowest BCUT2D eigenvalue weighted by Crippen LogP contribution is -2.21. The number of aromatic amines is 1. The number of nitrogens with zero attached hydrogens (tertiary/aromatic N) is 4. The summed E-state index contributed by atoms with van der Waals surface area (Å²) in [6.07, 6.45) is 6.52. The van der Waals surface area contributed by atoms with E-state index in [9.17, 15) is 14.3 Å². The predicted octanol–water partition coefficient (Wildman–Crippen LogP) is 5.06. The lowest BCUT2D eigenvalue weighted by Gasteiger charge is -2.18. The van der Waals surface area contributed by atoms with Gasteiger partial charge in [-0.2, -0.15) is 0 Å². The average Bonchev–Trinajstić information content (AvgIpc) is 3.39. The number of fused-ring (bicyclic) bond motifs is 2. The van der Waals surface area contributed by atoms with Crippen molar-refractivity contribution in [3.8, 4) is 22.5 Å². The van der Waals surface area contributed by atoms with Gasteiger partial charge < -0.3 is 14.7 Å². The highest BCUT2D eigenvalue weighted by molar-refractivity contribution is 5.96. The van der Waals surface area contributed by atoms with Gasteiger partial charge in [-0.3, -0.25) is 4.79 Å². The summed E-state index contributed by atoms with van der Waals surface area (Å²) in [6, 6.07) is 10.9. The number of pyridine rings is 1. The Kier molecular flexibility index (Phi) is 4.70. The van der Waals surface area contributed by atoms with Gasteiger partial charge >= 0.3 is 5.97 Å². The Morgan fingerprint density at radius 1 is 1.09 bits per heavy atom. The molecule has 5 rings (SSSR count). The number of aromatic nitrogens is 5. The maximum atomic E-state index is 13.8. The van der Waals surface area contributed by atoms with Gasteiger partial charge in [-0.25, -0.2) is 19.3 Å². The van der Waals surface area contributed by atoms with Gasteiger partial charge in [0.05, 0.1) is 12.1 Å². The van der Waals surface area contributed by atoms with Crippen molar-refractivity contribution in [1.82, 2.24) is 24.5 Å². The van der Waals surface area contributed by atoms with Gasteiger partial charge in [0.2, 0.25) is 0 Å². The van der Waals surface area contributed by atoms with Gasteiger partial charge in [-0.15, -0.1) is 0 Å². The van der Waals surface area contributed by atoms with Crippen LogP contribution in [0.15, 0.2) is 61.2 Å². The summed E-state index contributed by atoms with van der Waals surface area (Å²) in [4.78, 5) is 28.1. The second kappa shape index (κ2) is 7.56. The van der Waals surface area contributed by atoms with E-state index in [-0.39, 0.29) is 6.04 Å².